The zero-order chi connectivity index (χ0) is 24.5. The van der Waals surface area contributed by atoms with E-state index in [0.717, 1.165) is 42.8 Å². The average Bonchev–Trinajstić information content (AvgIpc) is 2.89. The Labute approximate surface area is 210 Å². The number of nitrogens with one attached hydrogen (secondary N) is 2. The van der Waals surface area contributed by atoms with Gasteiger partial charge in [0.15, 0.2) is 6.61 Å². The third kappa shape index (κ3) is 7.44. The highest BCUT2D eigenvalue weighted by atomic mass is 35.5. The first-order valence-corrected chi connectivity index (χ1v) is 12.4. The summed E-state index contributed by atoms with van der Waals surface area (Å²) in [4.78, 5) is 25.7. The van der Waals surface area contributed by atoms with E-state index in [9.17, 15) is 9.59 Å². The van der Waals surface area contributed by atoms with Crippen LogP contribution >= 0.6 is 11.6 Å². The van der Waals surface area contributed by atoms with Gasteiger partial charge in [-0.1, -0.05) is 29.8 Å². The number of rotatable bonds is 10. The van der Waals surface area contributed by atoms with Gasteiger partial charge < -0.3 is 19.7 Å². The fourth-order valence-corrected chi connectivity index (χ4v) is 4.36. The normalized spacial score (nSPS) is 16.4. The topological polar surface area (TPSA) is 92.3 Å². The molecule has 0 unspecified atom stereocenters. The van der Waals surface area contributed by atoms with Crippen LogP contribution in [0, 0.1) is 0 Å². The molecule has 4 rings (SSSR count). The highest BCUT2D eigenvalue weighted by Crippen LogP contribution is 2.27. The summed E-state index contributed by atoms with van der Waals surface area (Å²) in [5.74, 6) is 1.22. The van der Waals surface area contributed by atoms with E-state index in [1.165, 1.54) is 0 Å². The van der Waals surface area contributed by atoms with Crippen LogP contribution < -0.4 is 20.2 Å². The zero-order valence-corrected chi connectivity index (χ0v) is 20.4. The summed E-state index contributed by atoms with van der Waals surface area (Å²) in [7, 11) is 0. The van der Waals surface area contributed by atoms with Crippen molar-refractivity contribution in [2.45, 2.75) is 38.1 Å². The fourth-order valence-electron chi connectivity index (χ4n) is 4.13. The highest BCUT2D eigenvalue weighted by molar-refractivity contribution is 6.32. The van der Waals surface area contributed by atoms with Crippen LogP contribution in [0.3, 0.4) is 0 Å². The number of carbonyl (C=O) groups is 2. The van der Waals surface area contributed by atoms with Crippen LogP contribution in [0.4, 0.5) is 0 Å². The number of hydrogen-bond acceptors (Lipinski definition) is 6. The van der Waals surface area contributed by atoms with Crippen LogP contribution in [0.15, 0.2) is 53.6 Å². The minimum atomic E-state index is -0.0911. The predicted octanol–water partition coefficient (Wildman–Crippen LogP) is 3.38. The Morgan fingerprint density at radius 2 is 1.91 bits per heavy atom. The Bertz CT molecular complexity index is 1040. The third-order valence-corrected chi connectivity index (χ3v) is 6.43. The number of benzene rings is 2. The van der Waals surface area contributed by atoms with Crippen LogP contribution in [-0.2, 0) is 9.59 Å². The molecule has 0 atom stereocenters. The van der Waals surface area contributed by atoms with Crippen molar-refractivity contribution in [3.05, 3.63) is 59.1 Å². The van der Waals surface area contributed by atoms with Gasteiger partial charge in [0, 0.05) is 32.0 Å². The summed E-state index contributed by atoms with van der Waals surface area (Å²) in [6, 6.07) is 15.6. The second kappa shape index (κ2) is 12.6. The number of amides is 2. The summed E-state index contributed by atoms with van der Waals surface area (Å²) in [5, 5.41) is 8.06. The molecule has 9 heteroatoms. The molecule has 186 valence electrons. The van der Waals surface area contributed by atoms with E-state index in [1.807, 2.05) is 41.3 Å². The van der Waals surface area contributed by atoms with Gasteiger partial charge >= 0.3 is 0 Å². The maximum Gasteiger partial charge on any atom is 0.260 e. The molecule has 2 aliphatic heterocycles. The van der Waals surface area contributed by atoms with Crippen LogP contribution in [0.25, 0.3) is 0 Å². The number of ether oxygens (including phenoxy) is 2. The van der Waals surface area contributed by atoms with Crippen molar-refractivity contribution < 1.29 is 19.1 Å². The molecule has 0 aliphatic carbocycles. The Morgan fingerprint density at radius 1 is 1.11 bits per heavy atom. The molecule has 0 radical (unpaired) electrons. The van der Waals surface area contributed by atoms with Crippen molar-refractivity contribution in [2.24, 2.45) is 5.10 Å². The number of carbonyl (C=O) groups excluding carboxylic acids is 2. The molecule has 2 N–H and O–H groups in total. The molecule has 2 aromatic carbocycles. The lowest BCUT2D eigenvalue weighted by molar-refractivity contribution is -0.134. The maximum absolute atomic E-state index is 12.6. The second-order valence-corrected chi connectivity index (χ2v) is 9.06. The highest BCUT2D eigenvalue weighted by Gasteiger charge is 2.23. The predicted molar refractivity (Wildman–Crippen MR) is 135 cm³/mol. The van der Waals surface area contributed by atoms with Crippen molar-refractivity contribution in [2.75, 3.05) is 32.8 Å². The summed E-state index contributed by atoms with van der Waals surface area (Å²) >= 11 is 6.36. The molecule has 0 spiro atoms. The fraction of sp³-hybridized carbons (Fsp3) is 0.423. The Morgan fingerprint density at radius 3 is 2.63 bits per heavy atom. The van der Waals surface area contributed by atoms with Gasteiger partial charge in [0.25, 0.3) is 5.91 Å². The minimum Gasteiger partial charge on any atom is -0.494 e. The van der Waals surface area contributed by atoms with Gasteiger partial charge in [-0.15, -0.1) is 0 Å². The van der Waals surface area contributed by atoms with Crippen molar-refractivity contribution >= 4 is 29.1 Å². The second-order valence-electron chi connectivity index (χ2n) is 8.65. The lowest BCUT2D eigenvalue weighted by Crippen LogP contribution is -2.46. The molecule has 0 aromatic heterocycles. The van der Waals surface area contributed by atoms with Crippen molar-refractivity contribution in [1.29, 1.82) is 0 Å². The van der Waals surface area contributed by atoms with Gasteiger partial charge in [0.1, 0.15) is 11.5 Å². The van der Waals surface area contributed by atoms with Gasteiger partial charge in [-0.3, -0.25) is 9.59 Å². The van der Waals surface area contributed by atoms with E-state index in [-0.39, 0.29) is 18.4 Å². The van der Waals surface area contributed by atoms with Gasteiger partial charge in [-0.2, -0.15) is 5.10 Å². The molecule has 35 heavy (non-hydrogen) atoms. The van der Waals surface area contributed by atoms with E-state index in [0.29, 0.717) is 49.4 Å². The van der Waals surface area contributed by atoms with Gasteiger partial charge in [0.2, 0.25) is 5.91 Å². The monoisotopic (exact) mass is 498 g/mol. The first-order valence-electron chi connectivity index (χ1n) is 12.1. The molecule has 2 aliphatic rings. The Balaban J connectivity index is 1.13. The maximum atomic E-state index is 12.6. The van der Waals surface area contributed by atoms with E-state index in [1.54, 1.807) is 12.1 Å². The third-order valence-electron chi connectivity index (χ3n) is 6.13. The molecule has 2 heterocycles. The van der Waals surface area contributed by atoms with E-state index in [4.69, 9.17) is 21.1 Å². The molecule has 1 fully saturated rings. The van der Waals surface area contributed by atoms with Crippen molar-refractivity contribution in [1.82, 2.24) is 15.6 Å². The minimum absolute atomic E-state index is 0.0424. The smallest absolute Gasteiger partial charge is 0.260 e. The van der Waals surface area contributed by atoms with E-state index >= 15 is 0 Å². The largest absolute Gasteiger partial charge is 0.494 e. The first kappa shape index (κ1) is 25.0. The Hall–Kier alpha value is -3.10. The van der Waals surface area contributed by atoms with E-state index < -0.39 is 0 Å². The molecule has 8 nitrogen and oxygen atoms in total. The summed E-state index contributed by atoms with van der Waals surface area (Å²) in [6.07, 6.45) is 3.73. The number of para-hydroxylation sites is 1. The molecule has 2 amide bonds. The molecule has 2 aromatic rings. The molecular weight excluding hydrogens is 468 g/mol. The molecule has 1 saturated heterocycles. The first-order chi connectivity index (χ1) is 17.1. The standard InChI is InChI=1S/C26H31ClN4O4/c27-22-17-19(23-8-10-25(32)30-29-23)7-9-24(22)35-18-26(33)31-14-11-20(12-15-31)28-13-4-16-34-21-5-2-1-3-6-21/h1-3,5-7,9,17,20,28H,4,8,10-16,18H2,(H,30,32). The molecular formula is C26H31ClN4O4. The number of halogens is 1. The van der Waals surface area contributed by atoms with Crippen LogP contribution in [0.2, 0.25) is 5.02 Å². The van der Waals surface area contributed by atoms with Gasteiger partial charge in [0.05, 0.1) is 17.3 Å². The van der Waals surface area contributed by atoms with Crippen molar-refractivity contribution in [3.8, 4) is 11.5 Å². The number of piperidine rings is 1. The lowest BCUT2D eigenvalue weighted by Gasteiger charge is -2.32. The summed E-state index contributed by atoms with van der Waals surface area (Å²) < 4.78 is 11.4. The zero-order valence-electron chi connectivity index (χ0n) is 19.7. The SMILES string of the molecule is O=C1CCC(c2ccc(OCC(=O)N3CCC(NCCCOc4ccccc4)CC3)c(Cl)c2)=NN1. The lowest BCUT2D eigenvalue weighted by atomic mass is 10.0. The van der Waals surface area contributed by atoms with Crippen LogP contribution in [-0.4, -0.2) is 61.3 Å². The molecule has 0 bridgehead atoms. The van der Waals surface area contributed by atoms with Crippen LogP contribution in [0.5, 0.6) is 11.5 Å². The number of nitrogens with zero attached hydrogens (tertiary/aromatic N) is 2. The Kier molecular flexibility index (Phi) is 8.97. The van der Waals surface area contributed by atoms with Gasteiger partial charge in [-0.05, 0) is 61.7 Å². The molecule has 0 saturated carbocycles. The van der Waals surface area contributed by atoms with E-state index in [2.05, 4.69) is 15.8 Å². The average molecular weight is 499 g/mol. The number of likely N-dealkylation sites (tertiary alicyclic amines) is 1. The van der Waals surface area contributed by atoms with Crippen molar-refractivity contribution in [3.63, 3.8) is 0 Å². The van der Waals surface area contributed by atoms with Crippen LogP contribution in [0.1, 0.15) is 37.7 Å². The number of hydrogen-bond donors (Lipinski definition) is 2. The number of hydrazone groups is 1. The summed E-state index contributed by atoms with van der Waals surface area (Å²) in [6.45, 7) is 2.93. The van der Waals surface area contributed by atoms with Gasteiger partial charge in [-0.25, -0.2) is 5.43 Å². The summed E-state index contributed by atoms with van der Waals surface area (Å²) in [5.41, 5.74) is 4.08. The quantitative estimate of drug-likeness (QED) is 0.490.